The average molecular weight is 605 g/mol. The summed E-state index contributed by atoms with van der Waals surface area (Å²) in [4.78, 5) is 23.3. The maximum atomic E-state index is 12.5. The summed E-state index contributed by atoms with van der Waals surface area (Å²) in [7, 11) is 0. The number of aliphatic carboxylic acids is 1. The van der Waals surface area contributed by atoms with E-state index in [0.717, 1.165) is 57.8 Å². The van der Waals surface area contributed by atoms with Crippen molar-refractivity contribution in [2.75, 3.05) is 0 Å². The van der Waals surface area contributed by atoms with Crippen LogP contribution in [0, 0.1) is 0 Å². The van der Waals surface area contributed by atoms with Crippen LogP contribution in [0.3, 0.4) is 0 Å². The number of rotatable bonds is 34. The molecule has 0 aromatic heterocycles. The highest BCUT2D eigenvalue weighted by Gasteiger charge is 2.11. The van der Waals surface area contributed by atoms with Crippen molar-refractivity contribution in [2.24, 2.45) is 0 Å². The Morgan fingerprint density at radius 1 is 0.535 bits per heavy atom. The van der Waals surface area contributed by atoms with Crippen molar-refractivity contribution in [1.29, 1.82) is 0 Å². The fraction of sp³-hybridized carbons (Fsp3) is 0.846. The SMILES string of the molecule is CCCCCC/C=C\C/C=C\C(CCCCCCC(=O)O)OC(=O)CCCCCCCCCCCCCCCCCCC. The Hall–Kier alpha value is -1.58. The second kappa shape index (κ2) is 34.9. The Bertz CT molecular complexity index is 654. The molecular formula is C39H72O4. The molecule has 1 atom stereocenters. The van der Waals surface area contributed by atoms with E-state index in [4.69, 9.17) is 9.84 Å². The summed E-state index contributed by atoms with van der Waals surface area (Å²) in [5, 5.41) is 8.81. The molecule has 1 unspecified atom stereocenters. The molecule has 0 aromatic rings. The van der Waals surface area contributed by atoms with Gasteiger partial charge in [0.15, 0.2) is 0 Å². The normalized spacial score (nSPS) is 12.4. The van der Waals surface area contributed by atoms with Gasteiger partial charge in [0.1, 0.15) is 6.10 Å². The van der Waals surface area contributed by atoms with Crippen molar-refractivity contribution < 1.29 is 19.4 Å². The molecule has 1 N–H and O–H groups in total. The molecule has 0 aliphatic rings. The number of allylic oxidation sites excluding steroid dienone is 3. The van der Waals surface area contributed by atoms with Gasteiger partial charge in [-0.3, -0.25) is 9.59 Å². The van der Waals surface area contributed by atoms with E-state index in [2.05, 4.69) is 38.2 Å². The van der Waals surface area contributed by atoms with Gasteiger partial charge < -0.3 is 9.84 Å². The van der Waals surface area contributed by atoms with Crippen LogP contribution in [0.5, 0.6) is 0 Å². The van der Waals surface area contributed by atoms with Gasteiger partial charge in [-0.05, 0) is 51.0 Å². The van der Waals surface area contributed by atoms with Gasteiger partial charge in [0, 0.05) is 12.8 Å². The van der Waals surface area contributed by atoms with E-state index in [-0.39, 0.29) is 18.5 Å². The largest absolute Gasteiger partial charge is 0.481 e. The summed E-state index contributed by atoms with van der Waals surface area (Å²) in [5.41, 5.74) is 0. The van der Waals surface area contributed by atoms with Crippen molar-refractivity contribution >= 4 is 11.9 Å². The predicted octanol–water partition coefficient (Wildman–Crippen LogP) is 12.8. The first-order chi connectivity index (χ1) is 21.1. The molecular weight excluding hydrogens is 532 g/mol. The zero-order valence-corrected chi connectivity index (χ0v) is 28.8. The van der Waals surface area contributed by atoms with Gasteiger partial charge in [0.2, 0.25) is 0 Å². The highest BCUT2D eigenvalue weighted by atomic mass is 16.5. The van der Waals surface area contributed by atoms with E-state index in [1.807, 2.05) is 0 Å². The Morgan fingerprint density at radius 3 is 1.49 bits per heavy atom. The number of carbonyl (C=O) groups excluding carboxylic acids is 1. The van der Waals surface area contributed by atoms with Gasteiger partial charge in [0.25, 0.3) is 0 Å². The Labute approximate surface area is 267 Å². The Morgan fingerprint density at radius 2 is 0.977 bits per heavy atom. The molecule has 0 rings (SSSR count). The van der Waals surface area contributed by atoms with E-state index >= 15 is 0 Å². The van der Waals surface area contributed by atoms with Crippen molar-refractivity contribution in [1.82, 2.24) is 0 Å². The van der Waals surface area contributed by atoms with Crippen LogP contribution >= 0.6 is 0 Å². The van der Waals surface area contributed by atoms with Crippen LogP contribution in [0.2, 0.25) is 0 Å². The summed E-state index contributed by atoms with van der Waals surface area (Å²) in [6.45, 7) is 4.52. The van der Waals surface area contributed by atoms with Crippen molar-refractivity contribution in [3.8, 4) is 0 Å². The maximum absolute atomic E-state index is 12.5. The number of ether oxygens (including phenoxy) is 1. The van der Waals surface area contributed by atoms with Crippen molar-refractivity contribution in [3.63, 3.8) is 0 Å². The number of hydrogen-bond donors (Lipinski definition) is 1. The van der Waals surface area contributed by atoms with E-state index < -0.39 is 5.97 Å². The molecule has 0 radical (unpaired) electrons. The number of unbranched alkanes of at least 4 members (excludes halogenated alkanes) is 23. The second-order valence-corrected chi connectivity index (χ2v) is 12.8. The third-order valence-electron chi connectivity index (χ3n) is 8.41. The van der Waals surface area contributed by atoms with Crippen LogP contribution < -0.4 is 0 Å². The van der Waals surface area contributed by atoms with Crippen LogP contribution in [-0.2, 0) is 14.3 Å². The fourth-order valence-corrected chi connectivity index (χ4v) is 5.60. The molecule has 4 nitrogen and oxygen atoms in total. The molecule has 0 aliphatic carbocycles. The summed E-state index contributed by atoms with van der Waals surface area (Å²) >= 11 is 0. The van der Waals surface area contributed by atoms with Gasteiger partial charge in [-0.1, -0.05) is 167 Å². The molecule has 0 heterocycles. The first-order valence-electron chi connectivity index (χ1n) is 18.8. The summed E-state index contributed by atoms with van der Waals surface area (Å²) in [5.74, 6) is -0.801. The highest BCUT2D eigenvalue weighted by Crippen LogP contribution is 2.16. The molecule has 252 valence electrons. The maximum Gasteiger partial charge on any atom is 0.306 e. The standard InChI is InChI=1S/C39H72O4/c1-3-5-7-9-11-13-14-15-16-17-18-19-20-22-24-26-32-36-39(42)43-37(34-30-27-28-31-35-38(40)41)33-29-25-23-21-12-10-8-6-4-2/h21,23,29,33,37H,3-20,22,24-28,30-32,34-36H2,1-2H3,(H,40,41)/b23-21-,33-29-. The van der Waals surface area contributed by atoms with Gasteiger partial charge in [-0.25, -0.2) is 0 Å². The first kappa shape index (κ1) is 41.4. The molecule has 0 saturated heterocycles. The lowest BCUT2D eigenvalue weighted by molar-refractivity contribution is -0.147. The smallest absolute Gasteiger partial charge is 0.306 e. The minimum Gasteiger partial charge on any atom is -0.481 e. The lowest BCUT2D eigenvalue weighted by Gasteiger charge is -2.14. The third-order valence-corrected chi connectivity index (χ3v) is 8.41. The van der Waals surface area contributed by atoms with Gasteiger partial charge >= 0.3 is 11.9 Å². The minimum absolute atomic E-state index is 0.0760. The van der Waals surface area contributed by atoms with Crippen molar-refractivity contribution in [3.05, 3.63) is 24.3 Å². The van der Waals surface area contributed by atoms with Gasteiger partial charge in [-0.2, -0.15) is 0 Å². The summed E-state index contributed by atoms with van der Waals surface area (Å²) < 4.78 is 5.85. The molecule has 0 fully saturated rings. The first-order valence-corrected chi connectivity index (χ1v) is 18.8. The Balaban J connectivity index is 3.97. The number of esters is 1. The quantitative estimate of drug-likeness (QED) is 0.0451. The molecule has 43 heavy (non-hydrogen) atoms. The molecule has 4 heteroatoms. The van der Waals surface area contributed by atoms with E-state index in [0.29, 0.717) is 6.42 Å². The van der Waals surface area contributed by atoms with Crippen molar-refractivity contribution in [2.45, 2.75) is 213 Å². The number of carboxylic acid groups (broad SMARTS) is 1. The average Bonchev–Trinajstić information content (AvgIpc) is 2.99. The monoisotopic (exact) mass is 605 g/mol. The van der Waals surface area contributed by atoms with Gasteiger partial charge in [-0.15, -0.1) is 0 Å². The number of hydrogen-bond acceptors (Lipinski definition) is 3. The zero-order chi connectivity index (χ0) is 31.5. The highest BCUT2D eigenvalue weighted by molar-refractivity contribution is 5.69. The zero-order valence-electron chi connectivity index (χ0n) is 28.8. The van der Waals surface area contributed by atoms with Crippen LogP contribution in [0.25, 0.3) is 0 Å². The van der Waals surface area contributed by atoms with Crippen LogP contribution in [-0.4, -0.2) is 23.1 Å². The summed E-state index contributed by atoms with van der Waals surface area (Å²) in [6.07, 6.45) is 43.5. The molecule has 0 bridgehead atoms. The predicted molar refractivity (Wildman–Crippen MR) is 186 cm³/mol. The lowest BCUT2D eigenvalue weighted by Crippen LogP contribution is -2.16. The molecule has 0 spiro atoms. The summed E-state index contributed by atoms with van der Waals surface area (Å²) in [6, 6.07) is 0. The lowest BCUT2D eigenvalue weighted by atomic mass is 10.0. The second-order valence-electron chi connectivity index (χ2n) is 12.8. The van der Waals surface area contributed by atoms with Gasteiger partial charge in [0.05, 0.1) is 0 Å². The van der Waals surface area contributed by atoms with E-state index in [9.17, 15) is 9.59 Å². The van der Waals surface area contributed by atoms with E-state index in [1.54, 1.807) is 0 Å². The topological polar surface area (TPSA) is 63.6 Å². The van der Waals surface area contributed by atoms with Crippen LogP contribution in [0.15, 0.2) is 24.3 Å². The molecule has 0 aromatic carbocycles. The van der Waals surface area contributed by atoms with Crippen LogP contribution in [0.1, 0.15) is 206 Å². The Kier molecular flexibility index (Phi) is 33.6. The number of carbonyl (C=O) groups is 2. The number of carboxylic acids is 1. The fourth-order valence-electron chi connectivity index (χ4n) is 5.60. The minimum atomic E-state index is -0.725. The molecule has 0 amide bonds. The van der Waals surface area contributed by atoms with E-state index in [1.165, 1.54) is 122 Å². The molecule has 0 aliphatic heterocycles. The third kappa shape index (κ3) is 34.8. The van der Waals surface area contributed by atoms with Crippen LogP contribution in [0.4, 0.5) is 0 Å². The molecule has 0 saturated carbocycles.